The summed E-state index contributed by atoms with van der Waals surface area (Å²) in [5.74, 6) is -1.55. The van der Waals surface area contributed by atoms with Crippen LogP contribution in [0.2, 0.25) is 0 Å². The summed E-state index contributed by atoms with van der Waals surface area (Å²) in [6.07, 6.45) is 0.0182. The topological polar surface area (TPSA) is 26.3 Å². The second-order valence-electron chi connectivity index (χ2n) is 4.30. The SMILES string of the molecule is COCC(C)CC(=O)Cc1c(F)ccc(Br)c1F. The van der Waals surface area contributed by atoms with E-state index in [1.165, 1.54) is 6.07 Å². The van der Waals surface area contributed by atoms with Gasteiger partial charge in [0.2, 0.25) is 0 Å². The normalized spacial score (nSPS) is 12.5. The zero-order valence-corrected chi connectivity index (χ0v) is 11.9. The Balaban J connectivity index is 2.73. The molecule has 0 aliphatic rings. The Hall–Kier alpha value is -0.810. The molecule has 0 heterocycles. The number of carbonyl (C=O) groups is 1. The third-order valence-electron chi connectivity index (χ3n) is 2.54. The van der Waals surface area contributed by atoms with Gasteiger partial charge in [-0.05, 0) is 34.0 Å². The zero-order valence-electron chi connectivity index (χ0n) is 10.3. The van der Waals surface area contributed by atoms with Crippen molar-refractivity contribution in [2.45, 2.75) is 19.8 Å². The molecule has 0 saturated carbocycles. The number of carbonyl (C=O) groups excluding carboxylic acids is 1. The van der Waals surface area contributed by atoms with Crippen LogP contribution in [-0.2, 0) is 16.0 Å². The molecule has 0 N–H and O–H groups in total. The predicted octanol–water partition coefficient (Wildman–Crippen LogP) is 3.51. The number of ketones is 1. The lowest BCUT2D eigenvalue weighted by Gasteiger charge is -2.10. The largest absolute Gasteiger partial charge is 0.384 e. The molecule has 0 spiro atoms. The van der Waals surface area contributed by atoms with Crippen LogP contribution in [0.5, 0.6) is 0 Å². The van der Waals surface area contributed by atoms with Crippen LogP contribution in [-0.4, -0.2) is 19.5 Å². The molecule has 100 valence electrons. The number of rotatable bonds is 6. The van der Waals surface area contributed by atoms with Crippen molar-refractivity contribution >= 4 is 21.7 Å². The van der Waals surface area contributed by atoms with Gasteiger partial charge in [0.05, 0.1) is 4.47 Å². The summed E-state index contributed by atoms with van der Waals surface area (Å²) in [6, 6.07) is 2.43. The minimum absolute atomic E-state index is 0.0424. The van der Waals surface area contributed by atoms with Gasteiger partial charge in [-0.25, -0.2) is 8.78 Å². The highest BCUT2D eigenvalue weighted by atomic mass is 79.9. The quantitative estimate of drug-likeness (QED) is 0.750. The van der Waals surface area contributed by atoms with E-state index in [4.69, 9.17) is 4.74 Å². The molecule has 1 aromatic rings. The smallest absolute Gasteiger partial charge is 0.143 e. The van der Waals surface area contributed by atoms with E-state index in [1.54, 1.807) is 7.11 Å². The summed E-state index contributed by atoms with van der Waals surface area (Å²) in [4.78, 5) is 11.7. The number of hydrogen-bond donors (Lipinski definition) is 0. The van der Waals surface area contributed by atoms with Crippen LogP contribution in [0.25, 0.3) is 0 Å². The van der Waals surface area contributed by atoms with Crippen molar-refractivity contribution in [2.24, 2.45) is 5.92 Å². The van der Waals surface area contributed by atoms with Gasteiger partial charge in [-0.3, -0.25) is 4.79 Å². The number of hydrogen-bond acceptors (Lipinski definition) is 2. The van der Waals surface area contributed by atoms with Crippen LogP contribution in [0.3, 0.4) is 0 Å². The fourth-order valence-corrected chi connectivity index (χ4v) is 2.10. The number of benzene rings is 1. The van der Waals surface area contributed by atoms with E-state index in [2.05, 4.69) is 15.9 Å². The molecule has 1 aromatic carbocycles. The molecule has 0 amide bonds. The van der Waals surface area contributed by atoms with Crippen LogP contribution in [0.15, 0.2) is 16.6 Å². The Kier molecular flexibility index (Phi) is 5.88. The van der Waals surface area contributed by atoms with Gasteiger partial charge >= 0.3 is 0 Å². The van der Waals surface area contributed by atoms with Crippen LogP contribution < -0.4 is 0 Å². The highest BCUT2D eigenvalue weighted by molar-refractivity contribution is 9.10. The van der Waals surface area contributed by atoms with Crippen LogP contribution in [0.1, 0.15) is 18.9 Å². The van der Waals surface area contributed by atoms with Gasteiger partial charge in [-0.2, -0.15) is 0 Å². The summed E-state index contributed by atoms with van der Waals surface area (Å²) < 4.78 is 32.2. The lowest BCUT2D eigenvalue weighted by molar-refractivity contribution is -0.119. The van der Waals surface area contributed by atoms with E-state index >= 15 is 0 Å². The van der Waals surface area contributed by atoms with Crippen molar-refractivity contribution in [2.75, 3.05) is 13.7 Å². The molecule has 0 fully saturated rings. The molecule has 0 radical (unpaired) electrons. The molecule has 0 aliphatic carbocycles. The Morgan fingerprint density at radius 1 is 1.44 bits per heavy atom. The van der Waals surface area contributed by atoms with E-state index in [9.17, 15) is 13.6 Å². The van der Waals surface area contributed by atoms with Gasteiger partial charge in [-0.15, -0.1) is 0 Å². The average Bonchev–Trinajstić information content (AvgIpc) is 2.30. The highest BCUT2D eigenvalue weighted by Crippen LogP contribution is 2.22. The van der Waals surface area contributed by atoms with E-state index in [0.29, 0.717) is 6.61 Å². The van der Waals surface area contributed by atoms with Crippen LogP contribution in [0, 0.1) is 17.6 Å². The third-order valence-corrected chi connectivity index (χ3v) is 3.15. The minimum atomic E-state index is -0.706. The molecule has 0 aromatic heterocycles. The second-order valence-corrected chi connectivity index (χ2v) is 5.16. The molecule has 1 unspecified atom stereocenters. The Labute approximate surface area is 113 Å². The second kappa shape index (κ2) is 6.95. The van der Waals surface area contributed by atoms with E-state index in [1.807, 2.05) is 6.92 Å². The van der Waals surface area contributed by atoms with Crippen molar-refractivity contribution in [1.82, 2.24) is 0 Å². The van der Waals surface area contributed by atoms with Crippen molar-refractivity contribution in [3.8, 4) is 0 Å². The molecule has 1 atom stereocenters. The Bertz CT molecular complexity index is 435. The van der Waals surface area contributed by atoms with E-state index in [-0.39, 0.29) is 34.6 Å². The van der Waals surface area contributed by atoms with Gasteiger partial charge in [0, 0.05) is 32.1 Å². The summed E-state index contributed by atoms with van der Waals surface area (Å²) >= 11 is 2.97. The van der Waals surface area contributed by atoms with Crippen molar-refractivity contribution < 1.29 is 18.3 Å². The molecular formula is C13H15BrF2O2. The first-order chi connectivity index (χ1) is 8.45. The Morgan fingerprint density at radius 3 is 2.72 bits per heavy atom. The van der Waals surface area contributed by atoms with Crippen LogP contribution in [0.4, 0.5) is 8.78 Å². The molecular weight excluding hydrogens is 306 g/mol. The lowest BCUT2D eigenvalue weighted by Crippen LogP contribution is -2.14. The number of ether oxygens (including phenoxy) is 1. The molecule has 18 heavy (non-hydrogen) atoms. The molecule has 2 nitrogen and oxygen atoms in total. The van der Waals surface area contributed by atoms with Gasteiger partial charge in [0.15, 0.2) is 0 Å². The van der Waals surface area contributed by atoms with E-state index < -0.39 is 11.6 Å². The molecule has 0 bridgehead atoms. The Morgan fingerprint density at radius 2 is 2.11 bits per heavy atom. The van der Waals surface area contributed by atoms with Gasteiger partial charge in [-0.1, -0.05) is 6.92 Å². The predicted molar refractivity (Wildman–Crippen MR) is 68.4 cm³/mol. The minimum Gasteiger partial charge on any atom is -0.384 e. The number of methoxy groups -OCH3 is 1. The van der Waals surface area contributed by atoms with Crippen LogP contribution >= 0.6 is 15.9 Å². The molecule has 5 heteroatoms. The van der Waals surface area contributed by atoms with Gasteiger partial charge < -0.3 is 4.74 Å². The molecule has 0 aliphatic heterocycles. The highest BCUT2D eigenvalue weighted by Gasteiger charge is 2.17. The van der Waals surface area contributed by atoms with Crippen molar-refractivity contribution in [3.05, 3.63) is 33.8 Å². The summed E-state index contributed by atoms with van der Waals surface area (Å²) in [7, 11) is 1.55. The lowest BCUT2D eigenvalue weighted by atomic mass is 10.00. The van der Waals surface area contributed by atoms with Gasteiger partial charge in [0.25, 0.3) is 0 Å². The third kappa shape index (κ3) is 4.14. The average molecular weight is 321 g/mol. The fourth-order valence-electron chi connectivity index (χ4n) is 1.73. The molecule has 0 saturated heterocycles. The zero-order chi connectivity index (χ0) is 13.7. The van der Waals surface area contributed by atoms with Gasteiger partial charge in [0.1, 0.15) is 17.4 Å². The van der Waals surface area contributed by atoms with Crippen molar-refractivity contribution in [1.29, 1.82) is 0 Å². The number of halogens is 3. The first-order valence-electron chi connectivity index (χ1n) is 5.58. The maximum Gasteiger partial charge on any atom is 0.143 e. The standard InChI is InChI=1S/C13H15BrF2O2/c1-8(7-18-2)5-9(17)6-10-12(15)4-3-11(14)13(10)16/h3-4,8H,5-7H2,1-2H3. The summed E-state index contributed by atoms with van der Waals surface area (Å²) in [5, 5.41) is 0. The first kappa shape index (κ1) is 15.2. The first-order valence-corrected chi connectivity index (χ1v) is 6.38. The van der Waals surface area contributed by atoms with E-state index in [0.717, 1.165) is 6.07 Å². The number of Topliss-reactive ketones (excluding diaryl/α,β-unsaturated/α-hetero) is 1. The van der Waals surface area contributed by atoms with Crippen molar-refractivity contribution in [3.63, 3.8) is 0 Å². The maximum absolute atomic E-state index is 13.6. The summed E-state index contributed by atoms with van der Waals surface area (Å²) in [5.41, 5.74) is -0.181. The maximum atomic E-state index is 13.6. The summed E-state index contributed by atoms with van der Waals surface area (Å²) in [6.45, 7) is 2.31. The monoisotopic (exact) mass is 320 g/mol. The molecule has 1 rings (SSSR count). The fraction of sp³-hybridized carbons (Fsp3) is 0.462.